The van der Waals surface area contributed by atoms with Crippen LogP contribution in [0.5, 0.6) is 11.5 Å². The van der Waals surface area contributed by atoms with Crippen molar-refractivity contribution >= 4 is 21.7 Å². The third-order valence-corrected chi connectivity index (χ3v) is 6.45. The zero-order valence-corrected chi connectivity index (χ0v) is 14.8. The predicted molar refractivity (Wildman–Crippen MR) is 93.7 cm³/mol. The van der Waals surface area contributed by atoms with Crippen LogP contribution in [0.2, 0.25) is 0 Å². The fourth-order valence-electron chi connectivity index (χ4n) is 3.45. The lowest BCUT2D eigenvalue weighted by Gasteiger charge is -2.26. The quantitative estimate of drug-likeness (QED) is 0.885. The van der Waals surface area contributed by atoms with E-state index < -0.39 is 16.0 Å². The molecule has 0 saturated carbocycles. The van der Waals surface area contributed by atoms with E-state index in [1.807, 2.05) is 19.1 Å². The average molecular weight is 375 g/mol. The van der Waals surface area contributed by atoms with E-state index in [0.29, 0.717) is 12.1 Å². The summed E-state index contributed by atoms with van der Waals surface area (Å²) in [7, 11) is -3.96. The van der Waals surface area contributed by atoms with Gasteiger partial charge >= 0.3 is 5.97 Å². The van der Waals surface area contributed by atoms with Crippen LogP contribution in [0.4, 0.5) is 5.69 Å². The number of ether oxygens (including phenoxy) is 2. The lowest BCUT2D eigenvalue weighted by atomic mass is 10.1. The summed E-state index contributed by atoms with van der Waals surface area (Å²) < 4.78 is 38.8. The maximum Gasteiger partial charge on any atom is 0.339 e. The van der Waals surface area contributed by atoms with Gasteiger partial charge in [0.1, 0.15) is 18.8 Å². The third kappa shape index (κ3) is 2.48. The van der Waals surface area contributed by atoms with Crippen molar-refractivity contribution in [1.82, 2.24) is 0 Å². The zero-order valence-electron chi connectivity index (χ0n) is 14.0. The normalized spacial score (nSPS) is 18.5. The van der Waals surface area contributed by atoms with Crippen molar-refractivity contribution in [3.8, 4) is 11.5 Å². The Labute approximate surface area is 150 Å². The molecule has 2 heterocycles. The number of carboxylic acid groups (broad SMARTS) is 1. The molecule has 0 amide bonds. The van der Waals surface area contributed by atoms with Crippen LogP contribution in [0.1, 0.15) is 22.8 Å². The highest BCUT2D eigenvalue weighted by atomic mass is 32.2. The fourth-order valence-corrected chi connectivity index (χ4v) is 5.19. The highest BCUT2D eigenvalue weighted by Gasteiger charge is 2.37. The maximum absolute atomic E-state index is 13.3. The van der Waals surface area contributed by atoms with Gasteiger partial charge in [-0.25, -0.2) is 13.2 Å². The molecule has 0 unspecified atom stereocenters. The summed E-state index contributed by atoms with van der Waals surface area (Å²) in [5, 5.41) is 9.46. The minimum Gasteiger partial charge on any atom is -0.486 e. The second-order valence-corrected chi connectivity index (χ2v) is 8.10. The molecule has 4 rings (SSSR count). The van der Waals surface area contributed by atoms with Gasteiger partial charge in [0.15, 0.2) is 11.5 Å². The van der Waals surface area contributed by atoms with Gasteiger partial charge in [-0.15, -0.1) is 0 Å². The van der Waals surface area contributed by atoms with Gasteiger partial charge < -0.3 is 14.6 Å². The van der Waals surface area contributed by atoms with Gasteiger partial charge in [-0.2, -0.15) is 0 Å². The molecular formula is C18H17NO6S. The van der Waals surface area contributed by atoms with Crippen molar-refractivity contribution in [2.24, 2.45) is 0 Å². The van der Waals surface area contributed by atoms with Crippen molar-refractivity contribution in [2.45, 2.75) is 24.3 Å². The molecule has 1 N–H and O–H groups in total. The highest BCUT2D eigenvalue weighted by molar-refractivity contribution is 7.92. The van der Waals surface area contributed by atoms with Crippen LogP contribution >= 0.6 is 0 Å². The molecule has 1 atom stereocenters. The fraction of sp³-hybridized carbons (Fsp3) is 0.278. The summed E-state index contributed by atoms with van der Waals surface area (Å²) in [5.41, 5.74) is 1.34. The van der Waals surface area contributed by atoms with Gasteiger partial charge in [-0.3, -0.25) is 4.31 Å². The second kappa shape index (κ2) is 5.91. The van der Waals surface area contributed by atoms with Gasteiger partial charge in [-0.05, 0) is 31.0 Å². The molecule has 2 aliphatic heterocycles. The molecule has 0 radical (unpaired) electrons. The number of hydrogen-bond acceptors (Lipinski definition) is 5. The Kier molecular flexibility index (Phi) is 3.80. The Morgan fingerprint density at radius 3 is 2.69 bits per heavy atom. The number of para-hydroxylation sites is 1. The molecule has 136 valence electrons. The van der Waals surface area contributed by atoms with Gasteiger partial charge in [0.25, 0.3) is 10.0 Å². The summed E-state index contributed by atoms with van der Waals surface area (Å²) in [6.07, 6.45) is 0.603. The maximum atomic E-state index is 13.3. The number of anilines is 1. The monoisotopic (exact) mass is 375 g/mol. The molecule has 0 spiro atoms. The zero-order chi connectivity index (χ0) is 18.5. The van der Waals surface area contributed by atoms with Crippen molar-refractivity contribution in [3.05, 3.63) is 47.5 Å². The smallest absolute Gasteiger partial charge is 0.339 e. The van der Waals surface area contributed by atoms with E-state index in [1.165, 1.54) is 10.4 Å². The molecule has 26 heavy (non-hydrogen) atoms. The number of nitrogens with zero attached hydrogens (tertiary/aromatic N) is 1. The first-order chi connectivity index (χ1) is 12.4. The lowest BCUT2D eigenvalue weighted by Crippen LogP contribution is -2.36. The summed E-state index contributed by atoms with van der Waals surface area (Å²) in [6.45, 7) is 2.28. The molecule has 0 bridgehead atoms. The number of hydrogen-bond donors (Lipinski definition) is 1. The Hall–Kier alpha value is -2.74. The van der Waals surface area contributed by atoms with Crippen molar-refractivity contribution in [3.63, 3.8) is 0 Å². The van der Waals surface area contributed by atoms with Crippen molar-refractivity contribution < 1.29 is 27.8 Å². The molecule has 7 nitrogen and oxygen atoms in total. The van der Waals surface area contributed by atoms with E-state index in [0.717, 1.165) is 11.6 Å². The van der Waals surface area contributed by atoms with E-state index in [-0.39, 0.29) is 41.2 Å². The standard InChI is InChI=1S/C18H17NO6S/c1-11-8-12-4-2-3-5-15(12)19(11)26(22,23)13-9-14(18(20)21)17-16(10-13)24-6-7-25-17/h2-5,9-11H,6-8H2,1H3,(H,20,21)/t11-/m0/s1. The molecule has 0 aromatic heterocycles. The lowest BCUT2D eigenvalue weighted by molar-refractivity contribution is 0.0685. The molecule has 8 heteroatoms. The van der Waals surface area contributed by atoms with E-state index >= 15 is 0 Å². The Morgan fingerprint density at radius 1 is 1.19 bits per heavy atom. The minimum atomic E-state index is -3.96. The first-order valence-electron chi connectivity index (χ1n) is 8.19. The number of carboxylic acids is 1. The third-order valence-electron chi connectivity index (χ3n) is 4.55. The Morgan fingerprint density at radius 2 is 1.92 bits per heavy atom. The van der Waals surface area contributed by atoms with Crippen molar-refractivity contribution in [2.75, 3.05) is 17.5 Å². The SMILES string of the molecule is C[C@H]1Cc2ccccc2N1S(=O)(=O)c1cc2c(c(C(=O)O)c1)OCCO2. The summed E-state index contributed by atoms with van der Waals surface area (Å²) >= 11 is 0. The molecule has 0 fully saturated rings. The predicted octanol–water partition coefficient (Wildman–Crippen LogP) is 2.30. The van der Waals surface area contributed by atoms with Gasteiger partial charge in [0.2, 0.25) is 0 Å². The number of fused-ring (bicyclic) bond motifs is 2. The van der Waals surface area contributed by atoms with E-state index in [9.17, 15) is 18.3 Å². The van der Waals surface area contributed by atoms with Crippen LogP contribution in [0.15, 0.2) is 41.3 Å². The van der Waals surface area contributed by atoms with E-state index in [1.54, 1.807) is 12.1 Å². The molecule has 2 aromatic carbocycles. The second-order valence-electron chi connectivity index (χ2n) is 6.28. The van der Waals surface area contributed by atoms with Gasteiger partial charge in [0, 0.05) is 12.1 Å². The Bertz CT molecular complexity index is 1000. The highest BCUT2D eigenvalue weighted by Crippen LogP contribution is 2.41. The molecule has 2 aliphatic rings. The summed E-state index contributed by atoms with van der Waals surface area (Å²) in [6, 6.07) is 9.52. The average Bonchev–Trinajstić information content (AvgIpc) is 2.96. The summed E-state index contributed by atoms with van der Waals surface area (Å²) in [4.78, 5) is 11.5. The topological polar surface area (TPSA) is 93.1 Å². The Balaban J connectivity index is 1.87. The van der Waals surface area contributed by atoms with Gasteiger partial charge in [-0.1, -0.05) is 18.2 Å². The molecular weight excluding hydrogens is 358 g/mol. The van der Waals surface area contributed by atoms with E-state index in [2.05, 4.69) is 0 Å². The van der Waals surface area contributed by atoms with Crippen LogP contribution in [0.3, 0.4) is 0 Å². The summed E-state index contributed by atoms with van der Waals surface area (Å²) in [5.74, 6) is -1.06. The number of aromatic carboxylic acids is 1. The van der Waals surface area contributed by atoms with Crippen LogP contribution in [0, 0.1) is 0 Å². The first-order valence-corrected chi connectivity index (χ1v) is 9.63. The van der Waals surface area contributed by atoms with Crippen LogP contribution in [0.25, 0.3) is 0 Å². The van der Waals surface area contributed by atoms with Crippen LogP contribution in [-0.2, 0) is 16.4 Å². The van der Waals surface area contributed by atoms with Crippen LogP contribution in [-0.4, -0.2) is 38.7 Å². The largest absolute Gasteiger partial charge is 0.486 e. The van der Waals surface area contributed by atoms with Gasteiger partial charge in [0.05, 0.1) is 10.6 Å². The molecule has 0 aliphatic carbocycles. The number of sulfonamides is 1. The van der Waals surface area contributed by atoms with Crippen molar-refractivity contribution in [1.29, 1.82) is 0 Å². The minimum absolute atomic E-state index is 0.0672. The number of benzene rings is 2. The molecule has 2 aromatic rings. The van der Waals surface area contributed by atoms with E-state index in [4.69, 9.17) is 9.47 Å². The first kappa shape index (κ1) is 16.7. The number of rotatable bonds is 3. The van der Waals surface area contributed by atoms with Crippen LogP contribution < -0.4 is 13.8 Å². The number of carbonyl (C=O) groups is 1. The molecule has 0 saturated heterocycles.